The lowest BCUT2D eigenvalue weighted by atomic mass is 10.0. The highest BCUT2D eigenvalue weighted by atomic mass is 16.2. The molecule has 2 aliphatic rings. The van der Waals surface area contributed by atoms with Gasteiger partial charge in [0.25, 0.3) is 5.91 Å². The molecule has 2 fully saturated rings. The van der Waals surface area contributed by atoms with E-state index in [4.69, 9.17) is 4.98 Å². The summed E-state index contributed by atoms with van der Waals surface area (Å²) in [6, 6.07) is 6.17. The molecular formula is C28H37N7O4. The number of carbonyl (C=O) groups is 4. The third kappa shape index (κ3) is 5.17. The number of benzene rings is 1. The zero-order valence-corrected chi connectivity index (χ0v) is 23.5. The fourth-order valence-electron chi connectivity index (χ4n) is 5.04. The van der Waals surface area contributed by atoms with Gasteiger partial charge >= 0.3 is 6.03 Å². The van der Waals surface area contributed by atoms with Crippen molar-refractivity contribution in [1.82, 2.24) is 14.9 Å². The molecule has 1 N–H and O–H groups in total. The maximum absolute atomic E-state index is 12.9. The van der Waals surface area contributed by atoms with Crippen molar-refractivity contribution in [2.75, 3.05) is 46.7 Å². The lowest BCUT2D eigenvalue weighted by Gasteiger charge is -2.26. The van der Waals surface area contributed by atoms with Crippen molar-refractivity contribution >= 4 is 46.8 Å². The smallest absolute Gasteiger partial charge is 0.332 e. The summed E-state index contributed by atoms with van der Waals surface area (Å²) in [4.78, 5) is 66.2. The molecule has 0 radical (unpaired) electrons. The lowest BCUT2D eigenvalue weighted by Crippen LogP contribution is -2.34. The van der Waals surface area contributed by atoms with E-state index in [2.05, 4.69) is 10.3 Å². The quantitative estimate of drug-likeness (QED) is 0.436. The van der Waals surface area contributed by atoms with Gasteiger partial charge in [0.2, 0.25) is 11.9 Å². The van der Waals surface area contributed by atoms with E-state index in [1.54, 1.807) is 30.3 Å². The van der Waals surface area contributed by atoms with Crippen molar-refractivity contribution in [2.45, 2.75) is 65.5 Å². The molecule has 1 aliphatic carbocycles. The number of anilines is 4. The summed E-state index contributed by atoms with van der Waals surface area (Å²) in [5, 5.41) is 3.27. The molecule has 1 spiro atoms. The zero-order valence-electron chi connectivity index (χ0n) is 23.5. The Morgan fingerprint density at radius 1 is 1.05 bits per heavy atom. The Morgan fingerprint density at radius 3 is 2.18 bits per heavy atom. The van der Waals surface area contributed by atoms with Gasteiger partial charge in [-0.3, -0.25) is 14.4 Å². The minimum atomic E-state index is -0.676. The van der Waals surface area contributed by atoms with E-state index >= 15 is 0 Å². The molecule has 2 heterocycles. The number of hydrogen-bond donors (Lipinski definition) is 1. The van der Waals surface area contributed by atoms with Gasteiger partial charge in [0.05, 0.1) is 17.9 Å². The van der Waals surface area contributed by atoms with Crippen LogP contribution in [0.25, 0.3) is 0 Å². The van der Waals surface area contributed by atoms with Crippen LogP contribution in [0.4, 0.5) is 27.9 Å². The number of nitrogens with one attached hydrogen (secondary N) is 1. The molecule has 4 rings (SSSR count). The Bertz CT molecular complexity index is 1270. The minimum absolute atomic E-state index is 0.0962. The molecule has 2 aromatic rings. The predicted octanol–water partition coefficient (Wildman–Crippen LogP) is 3.24. The first-order chi connectivity index (χ1) is 18.6. The number of nitrogens with zero attached hydrogens (tertiary/aromatic N) is 6. The summed E-state index contributed by atoms with van der Waals surface area (Å²) in [5.74, 6) is 0.486. The second-order valence-corrected chi connectivity index (χ2v) is 10.0. The molecule has 0 unspecified atom stereocenters. The van der Waals surface area contributed by atoms with E-state index in [1.807, 2.05) is 37.8 Å². The molecule has 1 atom stereocenters. The highest BCUT2D eigenvalue weighted by Crippen LogP contribution is 2.48. The Morgan fingerprint density at radius 2 is 1.69 bits per heavy atom. The molecule has 39 heavy (non-hydrogen) atoms. The van der Waals surface area contributed by atoms with Crippen LogP contribution in [-0.4, -0.2) is 76.8 Å². The number of amides is 4. The summed E-state index contributed by atoms with van der Waals surface area (Å²) in [5.41, 5.74) is 1.19. The van der Waals surface area contributed by atoms with E-state index in [0.717, 1.165) is 5.56 Å². The van der Waals surface area contributed by atoms with Crippen molar-refractivity contribution in [3.8, 4) is 0 Å². The molecule has 11 heteroatoms. The lowest BCUT2D eigenvalue weighted by molar-refractivity contribution is -0.120. The monoisotopic (exact) mass is 535 g/mol. The van der Waals surface area contributed by atoms with E-state index in [1.165, 1.54) is 23.6 Å². The first kappa shape index (κ1) is 28.0. The summed E-state index contributed by atoms with van der Waals surface area (Å²) < 4.78 is 0. The standard InChI is InChI=1S/C28H37N7O4/c1-7-33(8-2)26-29-17-23(34(9-3)19(5)37)24(31-26)30-22(18(4)36)16-20-10-12-21(13-11-20)35-25(38)28(14-15-28)32(6)27(35)39/h10-13,17,22H,7-9,14-16H2,1-6H3,(H,29,30,31)/t22-/m0/s1. The van der Waals surface area contributed by atoms with Crippen molar-refractivity contribution in [3.63, 3.8) is 0 Å². The highest BCUT2D eigenvalue weighted by Gasteiger charge is 2.63. The van der Waals surface area contributed by atoms with Gasteiger partial charge in [0.15, 0.2) is 11.6 Å². The van der Waals surface area contributed by atoms with Gasteiger partial charge in [-0.25, -0.2) is 14.7 Å². The van der Waals surface area contributed by atoms with Crippen LogP contribution in [0, 0.1) is 0 Å². The van der Waals surface area contributed by atoms with Crippen LogP contribution in [0.1, 0.15) is 53.0 Å². The second kappa shape index (κ2) is 11.0. The molecule has 4 amide bonds. The normalized spacial score (nSPS) is 16.5. The molecule has 1 aromatic heterocycles. The number of ketones is 1. The van der Waals surface area contributed by atoms with Crippen LogP contribution < -0.4 is 20.0 Å². The van der Waals surface area contributed by atoms with Crippen LogP contribution in [0.15, 0.2) is 30.5 Å². The van der Waals surface area contributed by atoms with Gasteiger partial charge in [0.1, 0.15) is 11.2 Å². The van der Waals surface area contributed by atoms with Gasteiger partial charge in [-0.1, -0.05) is 12.1 Å². The number of imide groups is 1. The highest BCUT2D eigenvalue weighted by molar-refractivity contribution is 6.24. The number of rotatable bonds is 11. The summed E-state index contributed by atoms with van der Waals surface area (Å²) in [7, 11) is 1.67. The van der Waals surface area contributed by atoms with E-state index in [9.17, 15) is 19.2 Å². The fourth-order valence-corrected chi connectivity index (χ4v) is 5.04. The Balaban J connectivity index is 1.59. The average molecular weight is 536 g/mol. The molecule has 1 saturated heterocycles. The zero-order chi connectivity index (χ0) is 28.5. The Labute approximate surface area is 229 Å². The molecule has 1 aromatic carbocycles. The number of carbonyl (C=O) groups excluding carboxylic acids is 4. The van der Waals surface area contributed by atoms with Gasteiger partial charge in [-0.15, -0.1) is 0 Å². The number of Topliss-reactive ketones (excluding diaryl/α,β-unsaturated/α-hetero) is 1. The maximum Gasteiger partial charge on any atom is 0.332 e. The van der Waals surface area contributed by atoms with Crippen LogP contribution in [0.2, 0.25) is 0 Å². The van der Waals surface area contributed by atoms with Gasteiger partial charge in [-0.2, -0.15) is 4.98 Å². The molecule has 0 bridgehead atoms. The number of aromatic nitrogens is 2. The topological polar surface area (TPSA) is 119 Å². The maximum atomic E-state index is 12.9. The second-order valence-electron chi connectivity index (χ2n) is 10.0. The Kier molecular flexibility index (Phi) is 7.89. The van der Waals surface area contributed by atoms with Gasteiger partial charge < -0.3 is 20.0 Å². The van der Waals surface area contributed by atoms with E-state index in [-0.39, 0.29) is 23.6 Å². The van der Waals surface area contributed by atoms with Crippen LogP contribution >= 0.6 is 0 Å². The molecule has 1 saturated carbocycles. The van der Waals surface area contributed by atoms with Crippen LogP contribution in [0.3, 0.4) is 0 Å². The van der Waals surface area contributed by atoms with Crippen molar-refractivity contribution in [3.05, 3.63) is 36.0 Å². The van der Waals surface area contributed by atoms with Gasteiger partial charge in [-0.05, 0) is 64.7 Å². The summed E-state index contributed by atoms with van der Waals surface area (Å²) in [6.07, 6.45) is 3.34. The average Bonchev–Trinajstić information content (AvgIpc) is 3.70. The fraction of sp³-hybridized carbons (Fsp3) is 0.500. The minimum Gasteiger partial charge on any atom is -0.358 e. The Hall–Kier alpha value is -4.02. The first-order valence-corrected chi connectivity index (χ1v) is 13.5. The van der Waals surface area contributed by atoms with Crippen molar-refractivity contribution in [1.29, 1.82) is 0 Å². The largest absolute Gasteiger partial charge is 0.358 e. The summed E-state index contributed by atoms with van der Waals surface area (Å²) >= 11 is 0. The molecule has 208 valence electrons. The molecule has 1 aliphatic heterocycles. The third-order valence-corrected chi connectivity index (χ3v) is 7.67. The summed E-state index contributed by atoms with van der Waals surface area (Å²) in [6.45, 7) is 10.7. The number of hydrogen-bond acceptors (Lipinski definition) is 8. The molecular weight excluding hydrogens is 498 g/mol. The van der Waals surface area contributed by atoms with Crippen LogP contribution in [-0.2, 0) is 20.8 Å². The van der Waals surface area contributed by atoms with Crippen molar-refractivity contribution in [2.24, 2.45) is 0 Å². The number of urea groups is 1. The SMILES string of the molecule is CCN(CC)c1ncc(N(CC)C(C)=O)c(N[C@@H](Cc2ccc(N3C(=O)N(C)C4(CC4)C3=O)cc2)C(C)=O)n1. The number of likely N-dealkylation sites (N-methyl/N-ethyl adjacent to an activating group) is 1. The van der Waals surface area contributed by atoms with Crippen LogP contribution in [0.5, 0.6) is 0 Å². The van der Waals surface area contributed by atoms with E-state index < -0.39 is 11.6 Å². The first-order valence-electron chi connectivity index (χ1n) is 13.5. The third-order valence-electron chi connectivity index (χ3n) is 7.67. The predicted molar refractivity (Wildman–Crippen MR) is 150 cm³/mol. The molecule has 11 nitrogen and oxygen atoms in total. The van der Waals surface area contributed by atoms with Crippen molar-refractivity contribution < 1.29 is 19.2 Å². The van der Waals surface area contributed by atoms with Gasteiger partial charge in [0, 0.05) is 33.6 Å². The van der Waals surface area contributed by atoms with E-state index in [0.29, 0.717) is 62.0 Å².